The second-order valence-corrected chi connectivity index (χ2v) is 10.2. The van der Waals surface area contributed by atoms with Crippen molar-refractivity contribution >= 4 is 48.8 Å². The van der Waals surface area contributed by atoms with E-state index in [4.69, 9.17) is 5.14 Å². The second kappa shape index (κ2) is 7.50. The quantitative estimate of drug-likeness (QED) is 0.618. The molecule has 0 aliphatic rings. The molecule has 11 heteroatoms. The molecule has 0 fully saturated rings. The Balaban J connectivity index is 1.62. The van der Waals surface area contributed by atoms with Gasteiger partial charge in [-0.2, -0.15) is 0 Å². The first kappa shape index (κ1) is 19.7. The Bertz CT molecular complexity index is 1170. The zero-order valence-electron chi connectivity index (χ0n) is 14.7. The van der Waals surface area contributed by atoms with E-state index in [0.29, 0.717) is 15.1 Å². The van der Waals surface area contributed by atoms with Crippen LogP contribution >= 0.6 is 22.7 Å². The van der Waals surface area contributed by atoms with Crippen molar-refractivity contribution in [2.75, 3.05) is 0 Å². The maximum absolute atomic E-state index is 12.6. The summed E-state index contributed by atoms with van der Waals surface area (Å²) in [5, 5.41) is 8.38. The summed E-state index contributed by atoms with van der Waals surface area (Å²) in [6.45, 7) is 4.26. The predicted molar refractivity (Wildman–Crippen MR) is 106 cm³/mol. The van der Waals surface area contributed by atoms with Gasteiger partial charge in [0.2, 0.25) is 15.9 Å². The fourth-order valence-corrected chi connectivity index (χ4v) is 5.24. The number of hydrogen-bond acceptors (Lipinski definition) is 7. The first-order valence-corrected chi connectivity index (χ1v) is 11.2. The van der Waals surface area contributed by atoms with E-state index in [1.54, 1.807) is 6.07 Å². The van der Waals surface area contributed by atoms with Crippen LogP contribution < -0.4 is 16.0 Å². The molecular weight excluding hydrogens is 408 g/mol. The molecule has 0 aromatic carbocycles. The van der Waals surface area contributed by atoms with Crippen LogP contribution in [-0.2, 0) is 27.9 Å². The standard InChI is InChI=1S/C16H18N4O4S3/c1-9-10(2)25-15-14(9)16(22)20(8-19-15)6-5-12(21)18-7-11-3-4-13(26-11)27(17,23)24/h3-4,8H,5-7H2,1-2H3,(H,18,21)(H2,17,23,24). The number of rotatable bonds is 6. The summed E-state index contributed by atoms with van der Waals surface area (Å²) >= 11 is 2.49. The number of carbonyl (C=O) groups excluding carboxylic acids is 1. The van der Waals surface area contributed by atoms with Crippen LogP contribution in [0.3, 0.4) is 0 Å². The van der Waals surface area contributed by atoms with Gasteiger partial charge in [0.1, 0.15) is 9.04 Å². The van der Waals surface area contributed by atoms with E-state index in [2.05, 4.69) is 10.3 Å². The van der Waals surface area contributed by atoms with Crippen LogP contribution in [0.1, 0.15) is 21.7 Å². The van der Waals surface area contributed by atoms with E-state index >= 15 is 0 Å². The van der Waals surface area contributed by atoms with Crippen molar-refractivity contribution < 1.29 is 13.2 Å². The van der Waals surface area contributed by atoms with Crippen molar-refractivity contribution in [3.63, 3.8) is 0 Å². The smallest absolute Gasteiger partial charge is 0.262 e. The third-order valence-corrected chi connectivity index (χ3v) is 7.75. The molecule has 3 N–H and O–H groups in total. The normalized spacial score (nSPS) is 11.8. The molecule has 0 aliphatic carbocycles. The summed E-state index contributed by atoms with van der Waals surface area (Å²) in [5.41, 5.74) is 0.778. The van der Waals surface area contributed by atoms with Crippen LogP contribution in [0, 0.1) is 13.8 Å². The SMILES string of the molecule is Cc1sc2ncn(CCC(=O)NCc3ccc(S(N)(=O)=O)s3)c(=O)c2c1C. The fraction of sp³-hybridized carbons (Fsp3) is 0.312. The van der Waals surface area contributed by atoms with Crippen LogP contribution in [-0.4, -0.2) is 23.9 Å². The minimum Gasteiger partial charge on any atom is -0.351 e. The molecule has 0 saturated heterocycles. The molecular formula is C16H18N4O4S3. The summed E-state index contributed by atoms with van der Waals surface area (Å²) in [6, 6.07) is 3.02. The second-order valence-electron chi connectivity index (χ2n) is 6.00. The van der Waals surface area contributed by atoms with Gasteiger partial charge < -0.3 is 5.32 Å². The molecule has 3 rings (SSSR count). The lowest BCUT2D eigenvalue weighted by molar-refractivity contribution is -0.121. The highest BCUT2D eigenvalue weighted by Crippen LogP contribution is 2.25. The van der Waals surface area contributed by atoms with Crippen LogP contribution in [0.2, 0.25) is 0 Å². The highest BCUT2D eigenvalue weighted by atomic mass is 32.2. The molecule has 0 spiro atoms. The fourth-order valence-electron chi connectivity index (χ4n) is 2.53. The minimum atomic E-state index is -3.73. The van der Waals surface area contributed by atoms with Gasteiger partial charge in [0.25, 0.3) is 5.56 Å². The zero-order chi connectivity index (χ0) is 19.8. The minimum absolute atomic E-state index is 0.0547. The number of nitrogens with zero attached hydrogens (tertiary/aromatic N) is 2. The molecule has 3 aromatic heterocycles. The Morgan fingerprint density at radius 3 is 2.70 bits per heavy atom. The number of amides is 1. The van der Waals surface area contributed by atoms with Crippen molar-refractivity contribution in [3.05, 3.63) is 44.1 Å². The molecule has 1 amide bonds. The van der Waals surface area contributed by atoms with Gasteiger partial charge in [-0.15, -0.1) is 22.7 Å². The number of aryl methyl sites for hydroxylation is 3. The van der Waals surface area contributed by atoms with Gasteiger partial charge in [-0.1, -0.05) is 0 Å². The molecule has 0 bridgehead atoms. The monoisotopic (exact) mass is 426 g/mol. The van der Waals surface area contributed by atoms with E-state index in [0.717, 1.165) is 21.8 Å². The summed E-state index contributed by atoms with van der Waals surface area (Å²) in [5.74, 6) is -0.245. The summed E-state index contributed by atoms with van der Waals surface area (Å²) in [7, 11) is -3.73. The Labute approximate surface area is 163 Å². The largest absolute Gasteiger partial charge is 0.351 e. The summed E-state index contributed by atoms with van der Waals surface area (Å²) in [4.78, 5) is 31.4. The third kappa shape index (κ3) is 4.26. The number of primary sulfonamides is 1. The van der Waals surface area contributed by atoms with Crippen molar-refractivity contribution in [3.8, 4) is 0 Å². The lowest BCUT2D eigenvalue weighted by atomic mass is 10.2. The van der Waals surface area contributed by atoms with E-state index < -0.39 is 10.0 Å². The molecule has 3 aromatic rings. The number of aromatic nitrogens is 2. The average molecular weight is 427 g/mol. The molecule has 144 valence electrons. The van der Waals surface area contributed by atoms with Crippen molar-refractivity contribution in [2.24, 2.45) is 5.14 Å². The van der Waals surface area contributed by atoms with Crippen LogP contribution in [0.15, 0.2) is 27.5 Å². The van der Waals surface area contributed by atoms with E-state index in [1.807, 2.05) is 13.8 Å². The highest BCUT2D eigenvalue weighted by molar-refractivity contribution is 7.91. The number of hydrogen-bond donors (Lipinski definition) is 2. The van der Waals surface area contributed by atoms with Crippen LogP contribution in [0.5, 0.6) is 0 Å². The number of sulfonamides is 1. The maximum atomic E-state index is 12.6. The Morgan fingerprint density at radius 2 is 2.04 bits per heavy atom. The van der Waals surface area contributed by atoms with Gasteiger partial charge in [-0.3, -0.25) is 14.2 Å². The van der Waals surface area contributed by atoms with Crippen LogP contribution in [0.4, 0.5) is 0 Å². The molecule has 3 heterocycles. The predicted octanol–water partition coefficient (Wildman–Crippen LogP) is 1.49. The average Bonchev–Trinajstić information content (AvgIpc) is 3.18. The topological polar surface area (TPSA) is 124 Å². The van der Waals surface area contributed by atoms with Crippen molar-refractivity contribution in [1.82, 2.24) is 14.9 Å². The molecule has 0 atom stereocenters. The molecule has 8 nitrogen and oxygen atoms in total. The molecule has 0 saturated carbocycles. The van der Waals surface area contributed by atoms with Gasteiger partial charge in [0.15, 0.2) is 0 Å². The van der Waals surface area contributed by atoms with E-state index in [1.165, 1.54) is 28.3 Å². The number of carbonyl (C=O) groups is 1. The zero-order valence-corrected chi connectivity index (χ0v) is 17.1. The number of nitrogens with one attached hydrogen (secondary N) is 1. The summed E-state index contributed by atoms with van der Waals surface area (Å²) in [6.07, 6.45) is 1.58. The van der Waals surface area contributed by atoms with Crippen LogP contribution in [0.25, 0.3) is 10.2 Å². The lowest BCUT2D eigenvalue weighted by Crippen LogP contribution is -2.27. The van der Waals surface area contributed by atoms with Gasteiger partial charge in [-0.25, -0.2) is 18.5 Å². The van der Waals surface area contributed by atoms with Crippen molar-refractivity contribution in [1.29, 1.82) is 0 Å². The Kier molecular flexibility index (Phi) is 5.47. The Hall–Kier alpha value is -2.08. The van der Waals surface area contributed by atoms with Gasteiger partial charge >= 0.3 is 0 Å². The van der Waals surface area contributed by atoms with Crippen molar-refractivity contribution in [2.45, 2.75) is 37.6 Å². The molecule has 0 unspecified atom stereocenters. The van der Waals surface area contributed by atoms with E-state index in [9.17, 15) is 18.0 Å². The van der Waals surface area contributed by atoms with Gasteiger partial charge in [-0.05, 0) is 31.5 Å². The number of thiophene rings is 2. The van der Waals surface area contributed by atoms with Gasteiger partial charge in [0, 0.05) is 22.7 Å². The van der Waals surface area contributed by atoms with Gasteiger partial charge in [0.05, 0.1) is 18.3 Å². The first-order chi connectivity index (χ1) is 12.7. The number of fused-ring (bicyclic) bond motifs is 1. The molecule has 0 radical (unpaired) electrons. The van der Waals surface area contributed by atoms with E-state index in [-0.39, 0.29) is 35.2 Å². The third-order valence-electron chi connectivity index (χ3n) is 4.11. The maximum Gasteiger partial charge on any atom is 0.262 e. The highest BCUT2D eigenvalue weighted by Gasteiger charge is 2.14. The summed E-state index contributed by atoms with van der Waals surface area (Å²) < 4.78 is 24.0. The number of nitrogens with two attached hydrogens (primary N) is 1. The Morgan fingerprint density at radius 1 is 1.30 bits per heavy atom. The molecule has 27 heavy (non-hydrogen) atoms. The molecule has 0 aliphatic heterocycles. The first-order valence-electron chi connectivity index (χ1n) is 8.00. The lowest BCUT2D eigenvalue weighted by Gasteiger charge is -2.06.